The first-order valence-electron chi connectivity index (χ1n) is 16.4. The Kier molecular flexibility index (Phi) is 10.8. The Balaban J connectivity index is 1.18. The summed E-state index contributed by atoms with van der Waals surface area (Å²) in [5.41, 5.74) is -0.409. The number of amides is 2. The van der Waals surface area contributed by atoms with E-state index in [0.717, 1.165) is 62.8 Å². The largest absolute Gasteiger partial charge is 0.451 e. The van der Waals surface area contributed by atoms with Crippen LogP contribution in [0.1, 0.15) is 78.1 Å². The minimum atomic E-state index is -4.50. The zero-order valence-electron chi connectivity index (χ0n) is 26.7. The van der Waals surface area contributed by atoms with Gasteiger partial charge in [0.1, 0.15) is 5.58 Å². The van der Waals surface area contributed by atoms with Gasteiger partial charge in [-0.1, -0.05) is 59.6 Å². The van der Waals surface area contributed by atoms with Gasteiger partial charge < -0.3 is 14.6 Å². The average Bonchev–Trinajstić information content (AvgIpc) is 3.07. The lowest BCUT2D eigenvalue weighted by Crippen LogP contribution is -2.36. The van der Waals surface area contributed by atoms with Crippen LogP contribution in [0, 0.1) is 0 Å². The predicted molar refractivity (Wildman–Crippen MR) is 186 cm³/mol. The van der Waals surface area contributed by atoms with E-state index in [2.05, 4.69) is 29.6 Å². The molecule has 1 aliphatic heterocycles. The zero-order valence-corrected chi connectivity index (χ0v) is 28.3. The Labute approximate surface area is 291 Å². The van der Waals surface area contributed by atoms with E-state index >= 15 is 0 Å². The minimum absolute atomic E-state index is 0.0278. The minimum Gasteiger partial charge on any atom is -0.451 e. The molecule has 1 atom stereocenters. The SMILES string of the molecule is O=C(N[C@@H](C=C1CCC(c2ccccc2CN2CCCCC2=O)CC1)Cc1ccc(Cl)cc1)c1cc(=O)c2cc(SC(F)(F)F)ccc2o1. The zero-order chi connectivity index (χ0) is 34.5. The van der Waals surface area contributed by atoms with Crippen molar-refractivity contribution in [2.24, 2.45) is 0 Å². The summed E-state index contributed by atoms with van der Waals surface area (Å²) in [7, 11) is 0. The number of allylic oxidation sites excluding steroid dienone is 1. The van der Waals surface area contributed by atoms with Crippen molar-refractivity contribution in [2.75, 3.05) is 6.54 Å². The monoisotopic (exact) mass is 708 g/mol. The van der Waals surface area contributed by atoms with Gasteiger partial charge in [-0.15, -0.1) is 0 Å². The first kappa shape index (κ1) is 34.8. The fourth-order valence-electron chi connectivity index (χ4n) is 6.77. The highest BCUT2D eigenvalue weighted by Gasteiger charge is 2.30. The molecule has 2 fully saturated rings. The number of halogens is 4. The number of hydrogen-bond donors (Lipinski definition) is 1. The number of carbonyl (C=O) groups excluding carboxylic acids is 2. The number of alkyl halides is 3. The maximum atomic E-state index is 13.5. The number of likely N-dealkylation sites (tertiary alicyclic amines) is 1. The quantitative estimate of drug-likeness (QED) is 0.139. The Morgan fingerprint density at radius 2 is 1.76 bits per heavy atom. The van der Waals surface area contributed by atoms with Crippen LogP contribution >= 0.6 is 23.4 Å². The number of hydrogen-bond acceptors (Lipinski definition) is 5. The first-order chi connectivity index (χ1) is 23.5. The molecule has 0 radical (unpaired) electrons. The molecular formula is C38H36ClF3N2O4S. The summed E-state index contributed by atoms with van der Waals surface area (Å²) in [4.78, 5) is 40.7. The van der Waals surface area contributed by atoms with E-state index in [1.165, 1.54) is 28.8 Å². The Bertz CT molecular complexity index is 1920. The number of benzene rings is 3. The molecule has 0 unspecified atom stereocenters. The summed E-state index contributed by atoms with van der Waals surface area (Å²) in [6.45, 7) is 1.44. The van der Waals surface area contributed by atoms with E-state index in [-0.39, 0.29) is 39.3 Å². The van der Waals surface area contributed by atoms with Crippen LogP contribution < -0.4 is 10.7 Å². The lowest BCUT2D eigenvalue weighted by molar-refractivity contribution is -0.133. The molecule has 256 valence electrons. The highest BCUT2D eigenvalue weighted by Crippen LogP contribution is 2.39. The van der Waals surface area contributed by atoms with Crippen molar-refractivity contribution in [1.82, 2.24) is 10.2 Å². The van der Waals surface area contributed by atoms with Crippen molar-refractivity contribution >= 4 is 46.1 Å². The van der Waals surface area contributed by atoms with Gasteiger partial charge in [-0.05, 0) is 110 Å². The molecule has 4 aromatic rings. The Hall–Kier alpha value is -4.02. The van der Waals surface area contributed by atoms with Gasteiger partial charge in [0, 0.05) is 35.5 Å². The van der Waals surface area contributed by atoms with Gasteiger partial charge >= 0.3 is 5.51 Å². The number of carbonyl (C=O) groups is 2. The molecule has 2 heterocycles. The number of fused-ring (bicyclic) bond motifs is 1. The number of thioether (sulfide) groups is 1. The molecule has 2 aliphatic rings. The standard InChI is InChI=1S/C38H36ClF3N2O4S/c39-28-14-10-25(11-15-28)20-29(43-37(47)35-22-33(45)32-21-30(49-38(40,41)42)16-17-34(32)48-35)19-24-8-12-26(13-9-24)31-6-2-1-5-27(31)23-44-18-4-3-7-36(44)46/h1-2,5-6,10-11,14-17,19,21-22,26,29H,3-4,7-9,12-13,18,20,23H2,(H,43,47)/t26?,29-/m0/s1. The van der Waals surface area contributed by atoms with Crippen molar-refractivity contribution in [1.29, 1.82) is 0 Å². The summed E-state index contributed by atoms with van der Waals surface area (Å²) >= 11 is 5.79. The van der Waals surface area contributed by atoms with Crippen LogP contribution in [-0.2, 0) is 17.8 Å². The Morgan fingerprint density at radius 3 is 2.49 bits per heavy atom. The van der Waals surface area contributed by atoms with Gasteiger partial charge in [-0.3, -0.25) is 14.4 Å². The molecule has 11 heteroatoms. The predicted octanol–water partition coefficient (Wildman–Crippen LogP) is 9.20. The molecule has 0 bridgehead atoms. The molecule has 6 nitrogen and oxygen atoms in total. The van der Waals surface area contributed by atoms with Gasteiger partial charge in [0.05, 0.1) is 11.4 Å². The molecule has 49 heavy (non-hydrogen) atoms. The highest BCUT2D eigenvalue weighted by molar-refractivity contribution is 8.00. The van der Waals surface area contributed by atoms with E-state index in [1.807, 2.05) is 23.1 Å². The third kappa shape index (κ3) is 9.16. The Morgan fingerprint density at radius 1 is 1.00 bits per heavy atom. The van der Waals surface area contributed by atoms with Crippen molar-refractivity contribution in [3.8, 4) is 0 Å². The van der Waals surface area contributed by atoms with Gasteiger partial charge in [0.15, 0.2) is 11.2 Å². The molecule has 3 aromatic carbocycles. The van der Waals surface area contributed by atoms with Crippen LogP contribution in [0.15, 0.2) is 98.6 Å². The summed E-state index contributed by atoms with van der Waals surface area (Å²) in [5, 5.41) is 3.57. The van der Waals surface area contributed by atoms with Crippen molar-refractivity contribution < 1.29 is 27.2 Å². The normalized spacial score (nSPS) is 17.6. The van der Waals surface area contributed by atoms with Crippen LogP contribution in [0.5, 0.6) is 0 Å². The smallest absolute Gasteiger partial charge is 0.446 e. The van der Waals surface area contributed by atoms with Crippen molar-refractivity contribution in [3.63, 3.8) is 0 Å². The second-order valence-corrected chi connectivity index (χ2v) is 14.2. The molecule has 1 aromatic heterocycles. The summed E-state index contributed by atoms with van der Waals surface area (Å²) < 4.78 is 44.3. The van der Waals surface area contributed by atoms with E-state index in [4.69, 9.17) is 16.0 Å². The first-order valence-corrected chi connectivity index (χ1v) is 17.6. The van der Waals surface area contributed by atoms with Gasteiger partial charge in [0.25, 0.3) is 5.91 Å². The van der Waals surface area contributed by atoms with E-state index in [9.17, 15) is 27.6 Å². The molecule has 0 spiro atoms. The summed E-state index contributed by atoms with van der Waals surface area (Å²) in [5.74, 6) is -0.237. The van der Waals surface area contributed by atoms with E-state index in [1.54, 1.807) is 12.1 Å². The maximum absolute atomic E-state index is 13.5. The average molecular weight is 709 g/mol. The third-order valence-electron chi connectivity index (χ3n) is 9.18. The molecular weight excluding hydrogens is 673 g/mol. The molecule has 2 amide bonds. The fourth-order valence-corrected chi connectivity index (χ4v) is 7.48. The number of nitrogens with one attached hydrogen (secondary N) is 1. The lowest BCUT2D eigenvalue weighted by Gasteiger charge is -2.31. The van der Waals surface area contributed by atoms with Gasteiger partial charge in [0.2, 0.25) is 5.91 Å². The number of piperidine rings is 1. The molecule has 1 N–H and O–H groups in total. The lowest BCUT2D eigenvalue weighted by atomic mass is 9.79. The number of rotatable bonds is 9. The second-order valence-electron chi connectivity index (χ2n) is 12.7. The van der Waals surface area contributed by atoms with Gasteiger partial charge in [-0.2, -0.15) is 13.2 Å². The van der Waals surface area contributed by atoms with Gasteiger partial charge in [-0.25, -0.2) is 0 Å². The van der Waals surface area contributed by atoms with Crippen LogP contribution in [0.3, 0.4) is 0 Å². The third-order valence-corrected chi connectivity index (χ3v) is 10.2. The highest BCUT2D eigenvalue weighted by atomic mass is 35.5. The van der Waals surface area contributed by atoms with Crippen LogP contribution in [0.25, 0.3) is 11.0 Å². The van der Waals surface area contributed by atoms with Crippen molar-refractivity contribution in [3.05, 3.63) is 122 Å². The molecule has 1 saturated carbocycles. The topological polar surface area (TPSA) is 79.6 Å². The van der Waals surface area contributed by atoms with E-state index in [0.29, 0.717) is 30.3 Å². The molecule has 1 aliphatic carbocycles. The molecule has 1 saturated heterocycles. The van der Waals surface area contributed by atoms with Crippen LogP contribution in [0.2, 0.25) is 5.02 Å². The fraction of sp³-hybridized carbons (Fsp3) is 0.342. The summed E-state index contributed by atoms with van der Waals surface area (Å²) in [6, 6.07) is 20.0. The number of nitrogens with zero attached hydrogens (tertiary/aromatic N) is 1. The van der Waals surface area contributed by atoms with Crippen LogP contribution in [-0.4, -0.2) is 34.8 Å². The van der Waals surface area contributed by atoms with Crippen LogP contribution in [0.4, 0.5) is 13.2 Å². The van der Waals surface area contributed by atoms with E-state index < -0.39 is 22.9 Å². The maximum Gasteiger partial charge on any atom is 0.446 e. The van der Waals surface area contributed by atoms with Crippen molar-refractivity contribution in [2.45, 2.75) is 80.3 Å². The summed E-state index contributed by atoms with van der Waals surface area (Å²) in [6.07, 6.45) is 8.73. The second kappa shape index (κ2) is 15.3. The molecule has 6 rings (SSSR count).